The van der Waals surface area contributed by atoms with E-state index in [9.17, 15) is 8.78 Å². The van der Waals surface area contributed by atoms with Crippen molar-refractivity contribution in [3.63, 3.8) is 0 Å². The van der Waals surface area contributed by atoms with Crippen LogP contribution in [0.2, 0.25) is 0 Å². The van der Waals surface area contributed by atoms with Crippen LogP contribution in [0.3, 0.4) is 0 Å². The van der Waals surface area contributed by atoms with Gasteiger partial charge in [0.2, 0.25) is 0 Å². The molecule has 0 amide bonds. The predicted molar refractivity (Wildman–Crippen MR) is 91.5 cm³/mol. The van der Waals surface area contributed by atoms with Crippen molar-refractivity contribution in [2.24, 2.45) is 10.4 Å². The second kappa shape index (κ2) is 8.82. The van der Waals surface area contributed by atoms with E-state index in [2.05, 4.69) is 34.4 Å². The summed E-state index contributed by atoms with van der Waals surface area (Å²) in [6.07, 6.45) is 0. The van der Waals surface area contributed by atoms with E-state index in [1.807, 2.05) is 21.0 Å². The van der Waals surface area contributed by atoms with Crippen molar-refractivity contribution in [1.29, 1.82) is 0 Å². The molecule has 0 aliphatic heterocycles. The molecule has 0 bridgehead atoms. The van der Waals surface area contributed by atoms with Crippen LogP contribution in [0.4, 0.5) is 8.78 Å². The molecule has 0 fully saturated rings. The maximum absolute atomic E-state index is 13.6. The van der Waals surface area contributed by atoms with Gasteiger partial charge < -0.3 is 15.5 Å². The zero-order valence-corrected chi connectivity index (χ0v) is 14.7. The third-order valence-corrected chi connectivity index (χ3v) is 3.24. The van der Waals surface area contributed by atoms with Crippen molar-refractivity contribution < 1.29 is 8.78 Å². The third kappa shape index (κ3) is 7.41. The second-order valence-corrected chi connectivity index (χ2v) is 6.69. The van der Waals surface area contributed by atoms with Gasteiger partial charge in [0.15, 0.2) is 5.96 Å². The Hall–Kier alpha value is -1.69. The lowest BCUT2D eigenvalue weighted by molar-refractivity contribution is 0.241. The van der Waals surface area contributed by atoms with Crippen LogP contribution in [0.15, 0.2) is 23.2 Å². The van der Waals surface area contributed by atoms with Gasteiger partial charge >= 0.3 is 0 Å². The molecule has 2 N–H and O–H groups in total. The molecule has 1 rings (SSSR count). The fraction of sp³-hybridized carbons (Fsp3) is 0.588. The maximum atomic E-state index is 13.6. The molecular weight excluding hydrogens is 298 g/mol. The highest BCUT2D eigenvalue weighted by atomic mass is 19.1. The van der Waals surface area contributed by atoms with Gasteiger partial charge in [-0.15, -0.1) is 0 Å². The molecule has 0 aliphatic rings. The zero-order valence-electron chi connectivity index (χ0n) is 14.7. The van der Waals surface area contributed by atoms with Crippen molar-refractivity contribution >= 4 is 5.96 Å². The van der Waals surface area contributed by atoms with Gasteiger partial charge in [0.1, 0.15) is 11.6 Å². The Morgan fingerprint density at radius 2 is 1.91 bits per heavy atom. The number of nitrogens with zero attached hydrogens (tertiary/aromatic N) is 2. The van der Waals surface area contributed by atoms with Gasteiger partial charge in [0.05, 0.1) is 6.54 Å². The molecule has 1 aromatic rings. The molecule has 0 saturated carbocycles. The molecule has 0 heterocycles. The van der Waals surface area contributed by atoms with Gasteiger partial charge in [-0.05, 0) is 44.6 Å². The van der Waals surface area contributed by atoms with Crippen molar-refractivity contribution in [3.8, 4) is 0 Å². The lowest BCUT2D eigenvalue weighted by atomic mass is 9.93. The molecular formula is C17H28F2N4. The summed E-state index contributed by atoms with van der Waals surface area (Å²) < 4.78 is 26.8. The summed E-state index contributed by atoms with van der Waals surface area (Å²) in [7, 11) is 4.07. The topological polar surface area (TPSA) is 39.7 Å². The first kappa shape index (κ1) is 19.4. The van der Waals surface area contributed by atoms with E-state index >= 15 is 0 Å². The van der Waals surface area contributed by atoms with E-state index in [1.54, 1.807) is 0 Å². The highest BCUT2D eigenvalue weighted by molar-refractivity contribution is 5.79. The lowest BCUT2D eigenvalue weighted by Gasteiger charge is -2.29. The molecule has 0 aromatic heterocycles. The van der Waals surface area contributed by atoms with Gasteiger partial charge in [0, 0.05) is 25.2 Å². The molecule has 0 saturated heterocycles. The number of hydrogen-bond donors (Lipinski definition) is 2. The van der Waals surface area contributed by atoms with Crippen LogP contribution in [0.25, 0.3) is 0 Å². The standard InChI is InChI=1S/C17H28F2N4/c1-6-20-16(22-11-17(2,3)12-23(4)5)21-10-13-9-14(18)7-8-15(13)19/h7-9H,6,10-12H2,1-5H3,(H2,20,21,22). The zero-order chi connectivity index (χ0) is 17.5. The number of aliphatic imine (C=N–C) groups is 1. The van der Waals surface area contributed by atoms with E-state index in [-0.39, 0.29) is 17.5 Å². The van der Waals surface area contributed by atoms with Gasteiger partial charge in [-0.3, -0.25) is 0 Å². The Bertz CT molecular complexity index is 527. The van der Waals surface area contributed by atoms with Crippen LogP contribution < -0.4 is 10.6 Å². The SMILES string of the molecule is CCNC(=NCc1cc(F)ccc1F)NCC(C)(C)CN(C)C. The minimum atomic E-state index is -0.457. The average Bonchev–Trinajstić information content (AvgIpc) is 2.44. The van der Waals surface area contributed by atoms with E-state index in [1.165, 1.54) is 6.07 Å². The van der Waals surface area contributed by atoms with Crippen LogP contribution in [0, 0.1) is 17.0 Å². The lowest BCUT2D eigenvalue weighted by Crippen LogP contribution is -2.44. The quantitative estimate of drug-likeness (QED) is 0.598. The number of guanidine groups is 1. The van der Waals surface area contributed by atoms with Gasteiger partial charge in [0.25, 0.3) is 0 Å². The van der Waals surface area contributed by atoms with Crippen LogP contribution in [-0.2, 0) is 6.54 Å². The molecule has 0 spiro atoms. The summed E-state index contributed by atoms with van der Waals surface area (Å²) in [4.78, 5) is 6.47. The van der Waals surface area contributed by atoms with E-state index < -0.39 is 11.6 Å². The largest absolute Gasteiger partial charge is 0.357 e. The number of halogens is 2. The number of nitrogens with one attached hydrogen (secondary N) is 2. The van der Waals surface area contributed by atoms with Gasteiger partial charge in [-0.25, -0.2) is 13.8 Å². The molecule has 6 heteroatoms. The molecule has 0 atom stereocenters. The number of benzene rings is 1. The average molecular weight is 326 g/mol. The summed E-state index contributed by atoms with van der Waals surface area (Å²) in [5, 5.41) is 6.39. The first-order valence-electron chi connectivity index (χ1n) is 7.84. The minimum Gasteiger partial charge on any atom is -0.357 e. The monoisotopic (exact) mass is 326 g/mol. The Balaban J connectivity index is 2.71. The Labute approximate surface area is 138 Å². The molecule has 130 valence electrons. The first-order chi connectivity index (χ1) is 10.7. The fourth-order valence-electron chi connectivity index (χ4n) is 2.41. The summed E-state index contributed by atoms with van der Waals surface area (Å²) in [6, 6.07) is 3.41. The minimum absolute atomic E-state index is 0.0593. The summed E-state index contributed by atoms with van der Waals surface area (Å²) in [5.74, 6) is -0.302. The van der Waals surface area contributed by atoms with Crippen LogP contribution in [-0.4, -0.2) is 44.6 Å². The Kier molecular flexibility index (Phi) is 7.42. The molecule has 4 nitrogen and oxygen atoms in total. The third-order valence-electron chi connectivity index (χ3n) is 3.24. The van der Waals surface area contributed by atoms with Crippen LogP contribution in [0.5, 0.6) is 0 Å². The highest BCUT2D eigenvalue weighted by Crippen LogP contribution is 2.14. The fourth-order valence-corrected chi connectivity index (χ4v) is 2.41. The Morgan fingerprint density at radius 3 is 2.52 bits per heavy atom. The molecule has 1 aromatic carbocycles. The van der Waals surface area contributed by atoms with Crippen LogP contribution in [0.1, 0.15) is 26.3 Å². The van der Waals surface area contributed by atoms with E-state index in [4.69, 9.17) is 0 Å². The number of rotatable bonds is 7. The first-order valence-corrected chi connectivity index (χ1v) is 7.84. The Morgan fingerprint density at radius 1 is 1.22 bits per heavy atom. The maximum Gasteiger partial charge on any atom is 0.191 e. The summed E-state index contributed by atoms with van der Waals surface area (Å²) >= 11 is 0. The highest BCUT2D eigenvalue weighted by Gasteiger charge is 2.19. The molecule has 0 aliphatic carbocycles. The predicted octanol–water partition coefficient (Wildman–Crippen LogP) is 2.61. The van der Waals surface area contributed by atoms with Crippen molar-refractivity contribution in [3.05, 3.63) is 35.4 Å². The summed E-state index contributed by atoms with van der Waals surface area (Å²) in [6.45, 7) is 8.73. The van der Waals surface area contributed by atoms with Crippen molar-refractivity contribution in [2.45, 2.75) is 27.3 Å². The normalized spacial score (nSPS) is 12.6. The van der Waals surface area contributed by atoms with E-state index in [0.717, 1.165) is 25.2 Å². The van der Waals surface area contributed by atoms with Gasteiger partial charge in [-0.1, -0.05) is 13.8 Å². The summed E-state index contributed by atoms with van der Waals surface area (Å²) in [5.41, 5.74) is 0.304. The molecule has 23 heavy (non-hydrogen) atoms. The smallest absolute Gasteiger partial charge is 0.191 e. The number of hydrogen-bond acceptors (Lipinski definition) is 2. The van der Waals surface area contributed by atoms with Crippen molar-refractivity contribution in [2.75, 3.05) is 33.7 Å². The van der Waals surface area contributed by atoms with Crippen LogP contribution >= 0.6 is 0 Å². The van der Waals surface area contributed by atoms with E-state index in [0.29, 0.717) is 12.5 Å². The molecule has 0 radical (unpaired) electrons. The molecule has 0 unspecified atom stereocenters. The second-order valence-electron chi connectivity index (χ2n) is 6.69. The van der Waals surface area contributed by atoms with Gasteiger partial charge in [-0.2, -0.15) is 0 Å². The van der Waals surface area contributed by atoms with Crippen molar-refractivity contribution in [1.82, 2.24) is 15.5 Å².